The molecule has 7 nitrogen and oxygen atoms in total. The van der Waals surface area contributed by atoms with E-state index in [1.54, 1.807) is 19.1 Å². The molecule has 0 aliphatic rings. The topological polar surface area (TPSA) is 95.7 Å². The summed E-state index contributed by atoms with van der Waals surface area (Å²) in [7, 11) is 0. The molecule has 0 saturated heterocycles. The fraction of sp³-hybridized carbons (Fsp3) is 0.526. The van der Waals surface area contributed by atoms with E-state index in [0.717, 1.165) is 38.6 Å². The van der Waals surface area contributed by atoms with Crippen molar-refractivity contribution in [3.8, 4) is 0 Å². The SMILES string of the molecule is CCCN(CCC)CCc1cccc([N+](=O)[O-])c1/C=C(\[O-])C(=O)OCC.[K+]. The molecule has 0 amide bonds. The maximum Gasteiger partial charge on any atom is 1.00 e. The Bertz CT molecular complexity index is 643. The minimum Gasteiger partial charge on any atom is -0.868 e. The van der Waals surface area contributed by atoms with Crippen LogP contribution in [-0.4, -0.2) is 42.0 Å². The number of ether oxygens (including phenoxy) is 1. The summed E-state index contributed by atoms with van der Waals surface area (Å²) in [4.78, 5) is 24.7. The molecule has 0 radical (unpaired) electrons. The van der Waals surface area contributed by atoms with Crippen LogP contribution in [0.4, 0.5) is 5.69 Å². The number of benzene rings is 1. The van der Waals surface area contributed by atoms with Crippen LogP contribution in [0.25, 0.3) is 6.08 Å². The van der Waals surface area contributed by atoms with Gasteiger partial charge in [0, 0.05) is 12.6 Å². The zero-order chi connectivity index (χ0) is 19.5. The number of hydrogen-bond acceptors (Lipinski definition) is 6. The molecule has 0 aromatic heterocycles. The van der Waals surface area contributed by atoms with E-state index >= 15 is 0 Å². The number of nitro benzene ring substituents is 1. The predicted molar refractivity (Wildman–Crippen MR) is 98.4 cm³/mol. The van der Waals surface area contributed by atoms with Gasteiger partial charge in [0.1, 0.15) is 0 Å². The van der Waals surface area contributed by atoms with E-state index < -0.39 is 16.7 Å². The van der Waals surface area contributed by atoms with E-state index in [1.807, 2.05) is 0 Å². The Morgan fingerprint density at radius 3 is 2.33 bits per heavy atom. The Hall–Kier alpha value is -0.774. The first kappa shape index (κ1) is 26.2. The van der Waals surface area contributed by atoms with E-state index in [2.05, 4.69) is 23.5 Å². The Balaban J connectivity index is 0.00000676. The molecule has 0 saturated carbocycles. The summed E-state index contributed by atoms with van der Waals surface area (Å²) in [6, 6.07) is 4.70. The van der Waals surface area contributed by atoms with Crippen molar-refractivity contribution in [3.63, 3.8) is 0 Å². The van der Waals surface area contributed by atoms with Crippen LogP contribution < -0.4 is 56.5 Å². The largest absolute Gasteiger partial charge is 1.00 e. The molecule has 0 bridgehead atoms. The summed E-state index contributed by atoms with van der Waals surface area (Å²) >= 11 is 0. The molecule has 1 aromatic carbocycles. The van der Waals surface area contributed by atoms with Crippen molar-refractivity contribution in [3.05, 3.63) is 45.2 Å². The minimum atomic E-state index is -1.00. The van der Waals surface area contributed by atoms with Gasteiger partial charge in [-0.25, -0.2) is 4.79 Å². The number of esters is 1. The van der Waals surface area contributed by atoms with Gasteiger partial charge in [0.25, 0.3) is 5.69 Å². The van der Waals surface area contributed by atoms with Crippen molar-refractivity contribution < 1.29 is 70.9 Å². The summed E-state index contributed by atoms with van der Waals surface area (Å²) < 4.78 is 4.68. The van der Waals surface area contributed by atoms with E-state index in [1.165, 1.54) is 6.07 Å². The van der Waals surface area contributed by atoms with Crippen molar-refractivity contribution in [2.24, 2.45) is 0 Å². The third kappa shape index (κ3) is 8.84. The smallest absolute Gasteiger partial charge is 0.868 e. The summed E-state index contributed by atoms with van der Waals surface area (Å²) in [5.41, 5.74) is 0.676. The average molecular weight is 403 g/mol. The van der Waals surface area contributed by atoms with Gasteiger partial charge >= 0.3 is 57.4 Å². The summed E-state index contributed by atoms with van der Waals surface area (Å²) in [6.45, 7) is 8.51. The standard InChI is InChI=1S/C19H28N2O5.K/c1-4-11-20(12-5-2)13-10-15-8-7-9-17(21(24)25)16(15)14-18(22)19(23)26-6-3;/h7-9,14,22H,4-6,10-13H2,1-3H3;/q;+1/p-1/b18-14-;. The van der Waals surface area contributed by atoms with Crippen LogP contribution in [0.15, 0.2) is 24.0 Å². The molecule has 1 aromatic rings. The Morgan fingerprint density at radius 1 is 1.19 bits per heavy atom. The van der Waals surface area contributed by atoms with Gasteiger partial charge < -0.3 is 14.7 Å². The number of hydrogen-bond donors (Lipinski definition) is 0. The quantitative estimate of drug-likeness (QED) is 0.124. The number of nitrogens with zero attached hydrogens (tertiary/aromatic N) is 2. The van der Waals surface area contributed by atoms with Crippen molar-refractivity contribution in [1.82, 2.24) is 4.90 Å². The van der Waals surface area contributed by atoms with Gasteiger partial charge in [-0.05, 0) is 56.7 Å². The fourth-order valence-corrected chi connectivity index (χ4v) is 2.78. The Morgan fingerprint density at radius 2 is 1.81 bits per heavy atom. The zero-order valence-corrected chi connectivity index (χ0v) is 19.8. The van der Waals surface area contributed by atoms with Crippen LogP contribution >= 0.6 is 0 Å². The molecule has 0 heterocycles. The van der Waals surface area contributed by atoms with E-state index in [-0.39, 0.29) is 69.2 Å². The molecule has 0 N–H and O–H groups in total. The van der Waals surface area contributed by atoms with Gasteiger partial charge in [0.05, 0.1) is 17.1 Å². The van der Waals surface area contributed by atoms with E-state index in [9.17, 15) is 20.0 Å². The van der Waals surface area contributed by atoms with Crippen molar-refractivity contribution >= 4 is 17.7 Å². The van der Waals surface area contributed by atoms with Crippen molar-refractivity contribution in [2.45, 2.75) is 40.0 Å². The number of carbonyl (C=O) groups excluding carboxylic acids is 1. The Kier molecular flexibility index (Phi) is 13.8. The first-order valence-electron chi connectivity index (χ1n) is 8.98. The van der Waals surface area contributed by atoms with Gasteiger partial charge in [0.15, 0.2) is 0 Å². The monoisotopic (exact) mass is 402 g/mol. The number of rotatable bonds is 11. The molecule has 27 heavy (non-hydrogen) atoms. The number of nitro groups is 1. The van der Waals surface area contributed by atoms with Gasteiger partial charge in [-0.1, -0.05) is 26.0 Å². The molecular weight excluding hydrogens is 375 g/mol. The van der Waals surface area contributed by atoms with Gasteiger partial charge in [-0.3, -0.25) is 10.1 Å². The molecule has 0 spiro atoms. The minimum absolute atomic E-state index is 0. The van der Waals surface area contributed by atoms with Crippen molar-refractivity contribution in [1.29, 1.82) is 0 Å². The van der Waals surface area contributed by atoms with Crippen LogP contribution in [0, 0.1) is 10.1 Å². The molecule has 0 fully saturated rings. The molecule has 8 heteroatoms. The average Bonchev–Trinajstić information content (AvgIpc) is 2.60. The normalized spacial score (nSPS) is 11.2. The van der Waals surface area contributed by atoms with Crippen LogP contribution in [0.5, 0.6) is 0 Å². The third-order valence-electron chi connectivity index (χ3n) is 3.90. The van der Waals surface area contributed by atoms with E-state index in [0.29, 0.717) is 12.0 Å². The fourth-order valence-electron chi connectivity index (χ4n) is 2.78. The maximum atomic E-state index is 12.0. The molecular formula is C19H27KN2O5. The molecule has 0 unspecified atom stereocenters. The Labute approximate surface area is 203 Å². The second-order valence-electron chi connectivity index (χ2n) is 5.93. The zero-order valence-electron chi connectivity index (χ0n) is 16.7. The van der Waals surface area contributed by atoms with Gasteiger partial charge in [0.2, 0.25) is 0 Å². The maximum absolute atomic E-state index is 12.0. The molecule has 0 atom stereocenters. The first-order valence-corrected chi connectivity index (χ1v) is 8.98. The summed E-state index contributed by atoms with van der Waals surface area (Å²) in [6.07, 6.45) is 3.63. The molecule has 0 aliphatic heterocycles. The number of carbonyl (C=O) groups is 1. The molecule has 1 rings (SSSR count). The summed E-state index contributed by atoms with van der Waals surface area (Å²) in [5, 5.41) is 23.4. The van der Waals surface area contributed by atoms with Crippen LogP contribution in [0.1, 0.15) is 44.7 Å². The third-order valence-corrected chi connectivity index (χ3v) is 3.90. The van der Waals surface area contributed by atoms with Gasteiger partial charge in [-0.15, -0.1) is 0 Å². The van der Waals surface area contributed by atoms with Crippen molar-refractivity contribution in [2.75, 3.05) is 26.2 Å². The molecule has 0 aliphatic carbocycles. The second-order valence-corrected chi connectivity index (χ2v) is 5.93. The second kappa shape index (κ2) is 14.3. The molecule has 144 valence electrons. The predicted octanol–water partition coefficient (Wildman–Crippen LogP) is -0.472. The van der Waals surface area contributed by atoms with Gasteiger partial charge in [-0.2, -0.15) is 0 Å². The summed E-state index contributed by atoms with van der Waals surface area (Å²) in [5.74, 6) is -1.89. The van der Waals surface area contributed by atoms with Crippen LogP contribution in [-0.2, 0) is 16.0 Å². The first-order chi connectivity index (χ1) is 12.4. The van der Waals surface area contributed by atoms with Crippen LogP contribution in [0.3, 0.4) is 0 Å². The van der Waals surface area contributed by atoms with E-state index in [4.69, 9.17) is 0 Å². The van der Waals surface area contributed by atoms with Crippen LogP contribution in [0.2, 0.25) is 0 Å².